The molecule has 43 heavy (non-hydrogen) atoms. The summed E-state index contributed by atoms with van der Waals surface area (Å²) < 4.78 is 0. The van der Waals surface area contributed by atoms with E-state index in [-0.39, 0.29) is 33.2 Å². The summed E-state index contributed by atoms with van der Waals surface area (Å²) in [6, 6.07) is 11.3. The van der Waals surface area contributed by atoms with Gasteiger partial charge in [-0.05, 0) is 95.9 Å². The average molecular weight is 609 g/mol. The monoisotopic (exact) mass is 608 g/mol. The molecular weight excluding hydrogens is 552 g/mol. The molecule has 0 aromatic heterocycles. The Balaban J connectivity index is 0.000000317. The van der Waals surface area contributed by atoms with Gasteiger partial charge >= 0.3 is 0 Å². The van der Waals surface area contributed by atoms with E-state index >= 15 is 0 Å². The highest BCUT2D eigenvalue weighted by atomic mass is 32.2. The normalized spacial score (nSPS) is 12.6. The van der Waals surface area contributed by atoms with Crippen LogP contribution >= 0.6 is 11.8 Å². The molecule has 0 atom stereocenters. The number of aromatic hydroxyl groups is 4. The molecule has 3 aromatic carbocycles. The van der Waals surface area contributed by atoms with E-state index in [9.17, 15) is 20.4 Å². The summed E-state index contributed by atoms with van der Waals surface area (Å²) in [4.78, 5) is 2.27. The third-order valence-corrected chi connectivity index (χ3v) is 10.1. The maximum Gasteiger partial charge on any atom is 0.119 e. The number of aryl methyl sites for hydroxylation is 2. The van der Waals surface area contributed by atoms with Gasteiger partial charge in [0.1, 0.15) is 23.0 Å². The average Bonchev–Trinajstić information content (AvgIpc) is 2.86. The molecule has 4 N–H and O–H groups in total. The van der Waals surface area contributed by atoms with Gasteiger partial charge in [0.2, 0.25) is 0 Å². The van der Waals surface area contributed by atoms with Crippen molar-refractivity contribution in [3.05, 3.63) is 69.8 Å². The highest BCUT2D eigenvalue weighted by Crippen LogP contribution is 2.44. The van der Waals surface area contributed by atoms with Crippen molar-refractivity contribution in [1.29, 1.82) is 0 Å². The molecule has 0 heterocycles. The van der Waals surface area contributed by atoms with Crippen LogP contribution in [0.5, 0.6) is 23.0 Å². The van der Waals surface area contributed by atoms with Crippen molar-refractivity contribution < 1.29 is 20.4 Å². The Labute approximate surface area is 265 Å². The zero-order chi connectivity index (χ0) is 33.3. The van der Waals surface area contributed by atoms with Crippen LogP contribution in [-0.2, 0) is 21.7 Å². The SMILES string of the molecule is CCC(C)(C)c1cc(O)c(C(C)(C)CC)cc1O.Cc1cc(O)c(C(C)(C)C)cc1Sc1cc(C(C)(C)C)c(O)cc1C. The topological polar surface area (TPSA) is 80.9 Å². The van der Waals surface area contributed by atoms with Crippen LogP contribution in [0.1, 0.15) is 129 Å². The van der Waals surface area contributed by atoms with Crippen molar-refractivity contribution in [2.45, 2.75) is 141 Å². The van der Waals surface area contributed by atoms with Gasteiger partial charge < -0.3 is 20.4 Å². The van der Waals surface area contributed by atoms with Gasteiger partial charge in [0.25, 0.3) is 0 Å². The quantitative estimate of drug-likeness (QED) is 0.209. The molecule has 0 spiro atoms. The lowest BCUT2D eigenvalue weighted by Gasteiger charge is -2.29. The van der Waals surface area contributed by atoms with E-state index in [4.69, 9.17) is 0 Å². The first kappa shape index (κ1) is 36.4. The molecule has 0 saturated carbocycles. The van der Waals surface area contributed by atoms with Crippen LogP contribution in [0.25, 0.3) is 0 Å². The van der Waals surface area contributed by atoms with Crippen LogP contribution in [-0.4, -0.2) is 20.4 Å². The van der Waals surface area contributed by atoms with Crippen LogP contribution in [0, 0.1) is 13.8 Å². The van der Waals surface area contributed by atoms with E-state index in [1.165, 1.54) is 0 Å². The number of hydrogen-bond acceptors (Lipinski definition) is 5. The van der Waals surface area contributed by atoms with Gasteiger partial charge in [-0.3, -0.25) is 0 Å². The number of phenols is 4. The Bertz CT molecular complexity index is 1330. The summed E-state index contributed by atoms with van der Waals surface area (Å²) in [5.74, 6) is 1.28. The predicted molar refractivity (Wildman–Crippen MR) is 184 cm³/mol. The molecule has 238 valence electrons. The third kappa shape index (κ3) is 8.65. The van der Waals surface area contributed by atoms with Crippen molar-refractivity contribution in [3.63, 3.8) is 0 Å². The highest BCUT2D eigenvalue weighted by molar-refractivity contribution is 7.99. The third-order valence-electron chi connectivity index (χ3n) is 8.76. The summed E-state index contributed by atoms with van der Waals surface area (Å²) >= 11 is 1.70. The first-order chi connectivity index (χ1) is 19.5. The van der Waals surface area contributed by atoms with Crippen molar-refractivity contribution >= 4 is 11.8 Å². The van der Waals surface area contributed by atoms with Crippen LogP contribution in [0.15, 0.2) is 46.2 Å². The Morgan fingerprint density at radius 3 is 1.00 bits per heavy atom. The van der Waals surface area contributed by atoms with Gasteiger partial charge in [-0.1, -0.05) is 94.8 Å². The second-order valence-corrected chi connectivity index (χ2v) is 16.3. The number of rotatable bonds is 6. The van der Waals surface area contributed by atoms with Gasteiger partial charge in [0.15, 0.2) is 0 Å². The molecule has 0 bridgehead atoms. The highest BCUT2D eigenvalue weighted by Gasteiger charge is 2.28. The molecule has 3 aromatic rings. The second kappa shape index (κ2) is 13.1. The lowest BCUT2D eigenvalue weighted by molar-refractivity contribution is 0.400. The molecule has 0 fully saturated rings. The van der Waals surface area contributed by atoms with E-state index in [0.717, 1.165) is 56.0 Å². The Morgan fingerprint density at radius 2 is 0.744 bits per heavy atom. The van der Waals surface area contributed by atoms with Crippen LogP contribution in [0.3, 0.4) is 0 Å². The number of hydrogen-bond donors (Lipinski definition) is 4. The fourth-order valence-corrected chi connectivity index (χ4v) is 5.96. The minimum atomic E-state index is -0.129. The summed E-state index contributed by atoms with van der Waals surface area (Å²) in [6.45, 7) is 29.2. The van der Waals surface area contributed by atoms with Gasteiger partial charge in [-0.15, -0.1) is 0 Å². The van der Waals surface area contributed by atoms with Crippen LogP contribution in [0.4, 0.5) is 0 Å². The van der Waals surface area contributed by atoms with Crippen molar-refractivity contribution in [2.24, 2.45) is 0 Å². The zero-order valence-electron chi connectivity index (χ0n) is 29.1. The van der Waals surface area contributed by atoms with Gasteiger partial charge in [0.05, 0.1) is 0 Å². The largest absolute Gasteiger partial charge is 0.508 e. The Kier molecular flexibility index (Phi) is 11.1. The van der Waals surface area contributed by atoms with Gasteiger partial charge in [0, 0.05) is 32.0 Å². The summed E-state index contributed by atoms with van der Waals surface area (Å²) in [5, 5.41) is 41.1. The zero-order valence-corrected chi connectivity index (χ0v) is 29.9. The molecule has 0 aliphatic heterocycles. The lowest BCUT2D eigenvalue weighted by atomic mass is 9.77. The summed E-state index contributed by atoms with van der Waals surface area (Å²) in [5.41, 5.74) is 5.16. The summed E-state index contributed by atoms with van der Waals surface area (Å²) in [6.07, 6.45) is 1.83. The minimum absolute atomic E-state index is 0.117. The van der Waals surface area contributed by atoms with E-state index in [2.05, 4.69) is 95.2 Å². The predicted octanol–water partition coefficient (Wildman–Crippen LogP) is 10.9. The van der Waals surface area contributed by atoms with Crippen molar-refractivity contribution in [1.82, 2.24) is 0 Å². The molecule has 3 rings (SSSR count). The molecule has 0 saturated heterocycles. The van der Waals surface area contributed by atoms with Gasteiger partial charge in [-0.2, -0.15) is 0 Å². The standard InChI is InChI=1S/C22H30O2S.C16H26O2/c1-13-9-17(23)15(21(3,4)5)11-19(13)25-20-12-16(22(6,7)8)18(24)10-14(20)2;1-7-15(3,4)11-9-14(18)12(10-13(11)17)16(5,6)8-2/h9-12,23-24H,1-8H3;9-10,17-18H,7-8H2,1-6H3. The van der Waals surface area contributed by atoms with Crippen molar-refractivity contribution in [3.8, 4) is 23.0 Å². The molecule has 0 aliphatic rings. The van der Waals surface area contributed by atoms with Crippen molar-refractivity contribution in [2.75, 3.05) is 0 Å². The number of benzene rings is 3. The minimum Gasteiger partial charge on any atom is -0.508 e. The lowest BCUT2D eigenvalue weighted by Crippen LogP contribution is -2.19. The number of phenolic OH excluding ortho intramolecular Hbond substituents is 4. The first-order valence-corrected chi connectivity index (χ1v) is 16.2. The molecule has 4 nitrogen and oxygen atoms in total. The Hall–Kier alpha value is -2.79. The maximum absolute atomic E-state index is 10.3. The molecule has 5 heteroatoms. The molecule has 0 aliphatic carbocycles. The van der Waals surface area contributed by atoms with E-state index in [1.807, 2.05) is 26.0 Å². The maximum atomic E-state index is 10.3. The van der Waals surface area contributed by atoms with E-state index in [1.54, 1.807) is 23.9 Å². The Morgan fingerprint density at radius 1 is 0.465 bits per heavy atom. The molecule has 0 radical (unpaired) electrons. The van der Waals surface area contributed by atoms with Crippen LogP contribution in [0.2, 0.25) is 0 Å². The first-order valence-electron chi connectivity index (χ1n) is 15.4. The fraction of sp³-hybridized carbons (Fsp3) is 0.526. The van der Waals surface area contributed by atoms with Gasteiger partial charge in [-0.25, -0.2) is 0 Å². The molecule has 0 unspecified atom stereocenters. The fourth-order valence-electron chi connectivity index (χ4n) is 4.93. The van der Waals surface area contributed by atoms with E-state index in [0.29, 0.717) is 11.5 Å². The smallest absolute Gasteiger partial charge is 0.119 e. The summed E-state index contributed by atoms with van der Waals surface area (Å²) in [7, 11) is 0. The van der Waals surface area contributed by atoms with Crippen LogP contribution < -0.4 is 0 Å². The molecular formula is C38H56O4S. The molecule has 0 amide bonds. The van der Waals surface area contributed by atoms with E-state index < -0.39 is 0 Å². The second-order valence-electron chi connectivity index (χ2n) is 15.2.